The molecule has 1 rings (SSSR count). The number of amides is 1. The third-order valence-electron chi connectivity index (χ3n) is 13.6. The van der Waals surface area contributed by atoms with E-state index in [1.165, 1.54) is 51.4 Å². The van der Waals surface area contributed by atoms with Gasteiger partial charge in [-0.15, -0.1) is 0 Å². The molecule has 1 fully saturated rings. The molecule has 0 aliphatic carbocycles. The molecule has 428 valence electrons. The first-order valence-corrected chi connectivity index (χ1v) is 28.8. The molecule has 0 bridgehead atoms. The number of hydrogen-bond acceptors (Lipinski definition) is 13. The molecule has 17 nitrogen and oxygen atoms in total. The smallest absolute Gasteiger partial charge is 0.317 e. The van der Waals surface area contributed by atoms with E-state index in [1.54, 1.807) is 26.6 Å². The second-order valence-corrected chi connectivity index (χ2v) is 20.6. The highest BCUT2D eigenvalue weighted by Gasteiger charge is 2.23. The lowest BCUT2D eigenvalue weighted by Gasteiger charge is -2.31. The quantitative estimate of drug-likeness (QED) is 0.0298. The summed E-state index contributed by atoms with van der Waals surface area (Å²) in [5, 5.41) is 28.7. The number of hydrogen-bond donors (Lipinski definition) is 3. The Hall–Kier alpha value is -3.90. The minimum Gasteiger partial charge on any atom is -0.480 e. The van der Waals surface area contributed by atoms with Gasteiger partial charge in [-0.05, 0) is 90.6 Å². The molecule has 3 N–H and O–H groups in total. The number of aliphatic carboxylic acids is 3. The van der Waals surface area contributed by atoms with Gasteiger partial charge in [-0.2, -0.15) is 0 Å². The van der Waals surface area contributed by atoms with Crippen molar-refractivity contribution in [3.8, 4) is 0 Å². The number of nitrogens with zero attached hydrogens (tertiary/aromatic N) is 6. The van der Waals surface area contributed by atoms with Crippen LogP contribution in [0.4, 0.5) is 0 Å². The van der Waals surface area contributed by atoms with Gasteiger partial charge in [0.25, 0.3) is 0 Å². The topological polar surface area (TPSA) is 201 Å². The third-order valence-corrected chi connectivity index (χ3v) is 13.6. The fourth-order valence-corrected chi connectivity index (χ4v) is 9.05. The number of carboxylic acid groups (broad SMARTS) is 3. The Balaban J connectivity index is 2.81. The summed E-state index contributed by atoms with van der Waals surface area (Å²) in [5.41, 5.74) is 0. The zero-order valence-corrected chi connectivity index (χ0v) is 46.9. The second-order valence-electron chi connectivity index (χ2n) is 20.6. The van der Waals surface area contributed by atoms with Crippen LogP contribution in [0.2, 0.25) is 0 Å². The van der Waals surface area contributed by atoms with Crippen molar-refractivity contribution in [3.05, 3.63) is 24.3 Å². The molecule has 1 heterocycles. The maximum atomic E-state index is 13.7. The van der Waals surface area contributed by atoms with Gasteiger partial charge in [-0.1, -0.05) is 115 Å². The van der Waals surface area contributed by atoms with Crippen LogP contribution in [-0.2, 0) is 38.2 Å². The van der Waals surface area contributed by atoms with E-state index in [0.29, 0.717) is 97.7 Å². The van der Waals surface area contributed by atoms with Gasteiger partial charge in [0, 0.05) is 85.3 Å². The highest BCUT2D eigenvalue weighted by Crippen LogP contribution is 2.13. The first kappa shape index (κ1) is 68.1. The molecule has 1 aliphatic heterocycles. The fourth-order valence-electron chi connectivity index (χ4n) is 9.05. The standard InChI is InChI=1S/C57H104N6O11/c1-5-7-9-11-13-15-17-19-21-23-25-27-29-33-56(71)73-50-51(74-57(72)34-30-28-26-24-22-20-18-16-14-12-10-8-6-2)45-58(3)39-40-59(4)52(64)46-60-35-31-36-62(48-54(67)68)43-44-63(49-55(69)70)38-32-37-61(42-41-60)47-53(65)66/h15-18,51H,5-14,19-50H2,1-4H3,(H,65,66)(H,67,68)(H,69,70)/b17-15+,18-16+. The summed E-state index contributed by atoms with van der Waals surface area (Å²) < 4.78 is 11.6. The first-order chi connectivity index (χ1) is 35.7. The summed E-state index contributed by atoms with van der Waals surface area (Å²) in [5.74, 6) is -3.68. The zero-order chi connectivity index (χ0) is 54.4. The Morgan fingerprint density at radius 3 is 1.24 bits per heavy atom. The van der Waals surface area contributed by atoms with Crippen molar-refractivity contribution in [2.24, 2.45) is 0 Å². The van der Waals surface area contributed by atoms with Gasteiger partial charge in [0.1, 0.15) is 12.7 Å². The van der Waals surface area contributed by atoms with Crippen LogP contribution in [0, 0.1) is 0 Å². The van der Waals surface area contributed by atoms with Crippen LogP contribution in [0.1, 0.15) is 181 Å². The van der Waals surface area contributed by atoms with Gasteiger partial charge in [0.05, 0.1) is 26.2 Å². The zero-order valence-electron chi connectivity index (χ0n) is 46.9. The molecule has 0 spiro atoms. The van der Waals surface area contributed by atoms with E-state index >= 15 is 0 Å². The maximum absolute atomic E-state index is 13.7. The number of ether oxygens (including phenoxy) is 2. The van der Waals surface area contributed by atoms with Crippen LogP contribution < -0.4 is 0 Å². The minimum absolute atomic E-state index is 0.0427. The van der Waals surface area contributed by atoms with Crippen molar-refractivity contribution in [3.63, 3.8) is 0 Å². The molecule has 1 unspecified atom stereocenters. The van der Waals surface area contributed by atoms with E-state index in [0.717, 1.165) is 89.9 Å². The molecule has 1 saturated heterocycles. The van der Waals surface area contributed by atoms with Crippen LogP contribution in [0.25, 0.3) is 0 Å². The van der Waals surface area contributed by atoms with Gasteiger partial charge in [0.15, 0.2) is 0 Å². The van der Waals surface area contributed by atoms with Crippen LogP contribution in [-0.4, -0.2) is 205 Å². The van der Waals surface area contributed by atoms with Crippen molar-refractivity contribution >= 4 is 35.8 Å². The van der Waals surface area contributed by atoms with Crippen LogP contribution in [0.3, 0.4) is 0 Å². The van der Waals surface area contributed by atoms with Crippen molar-refractivity contribution in [2.75, 3.05) is 119 Å². The highest BCUT2D eigenvalue weighted by molar-refractivity contribution is 5.78. The van der Waals surface area contributed by atoms with Crippen molar-refractivity contribution < 1.29 is 53.6 Å². The van der Waals surface area contributed by atoms with E-state index in [2.05, 4.69) is 38.2 Å². The predicted octanol–water partition coefficient (Wildman–Crippen LogP) is 8.60. The Morgan fingerprint density at radius 1 is 0.473 bits per heavy atom. The Kier molecular flexibility index (Phi) is 42.7. The molecule has 1 atom stereocenters. The van der Waals surface area contributed by atoms with E-state index < -0.39 is 24.0 Å². The number of likely N-dealkylation sites (N-methyl/N-ethyl adjacent to an activating group) is 2. The number of rotatable bonds is 42. The first-order valence-electron chi connectivity index (χ1n) is 28.8. The molecule has 1 amide bonds. The monoisotopic (exact) mass is 1050 g/mol. The average Bonchev–Trinajstić information content (AvgIpc) is 3.35. The van der Waals surface area contributed by atoms with Crippen molar-refractivity contribution in [1.82, 2.24) is 29.4 Å². The molecule has 0 radical (unpaired) electrons. The fraction of sp³-hybridized carbons (Fsp3) is 0.825. The summed E-state index contributed by atoms with van der Waals surface area (Å²) in [6, 6.07) is 0. The molecule has 1 aliphatic rings. The molecule has 17 heteroatoms. The average molecular weight is 1050 g/mol. The second kappa shape index (κ2) is 46.4. The van der Waals surface area contributed by atoms with Gasteiger partial charge in [-0.25, -0.2) is 0 Å². The summed E-state index contributed by atoms with van der Waals surface area (Å²) in [7, 11) is 3.61. The van der Waals surface area contributed by atoms with E-state index in [4.69, 9.17) is 9.47 Å². The third kappa shape index (κ3) is 41.4. The van der Waals surface area contributed by atoms with Crippen molar-refractivity contribution in [1.29, 1.82) is 0 Å². The lowest BCUT2D eigenvalue weighted by atomic mass is 10.1. The number of carboxylic acids is 3. The number of allylic oxidation sites excluding steroid dienone is 4. The molecule has 0 saturated carbocycles. The number of esters is 2. The molecule has 0 aromatic heterocycles. The SMILES string of the molecule is CCCCCC/C=C/CCCCCCCC(=O)OCC(CN(C)CCN(C)C(=O)CN1CCCN(CC(=O)O)CCN(CC(=O)O)CCCN(CC(=O)O)CC1)OC(=O)CCCCCCC/C=C/CCCCCC. The van der Waals surface area contributed by atoms with E-state index in [1.807, 2.05) is 16.8 Å². The molecular weight excluding hydrogens is 945 g/mol. The number of carbonyl (C=O) groups is 6. The van der Waals surface area contributed by atoms with Gasteiger partial charge >= 0.3 is 29.8 Å². The summed E-state index contributed by atoms with van der Waals surface area (Å²) in [6.07, 6.45) is 35.1. The Labute approximate surface area is 447 Å². The molecule has 0 aromatic carbocycles. The summed E-state index contributed by atoms with van der Waals surface area (Å²) in [4.78, 5) is 85.7. The van der Waals surface area contributed by atoms with Crippen LogP contribution >= 0.6 is 0 Å². The molecule has 0 aromatic rings. The maximum Gasteiger partial charge on any atom is 0.317 e. The predicted molar refractivity (Wildman–Crippen MR) is 294 cm³/mol. The molecular formula is C57H104N6O11. The van der Waals surface area contributed by atoms with Gasteiger partial charge in [0.2, 0.25) is 5.91 Å². The molecule has 74 heavy (non-hydrogen) atoms. The van der Waals surface area contributed by atoms with E-state index in [-0.39, 0.29) is 50.6 Å². The Bertz CT molecular complexity index is 1550. The lowest BCUT2D eigenvalue weighted by molar-refractivity contribution is -0.160. The highest BCUT2D eigenvalue weighted by atomic mass is 16.6. The number of unbranched alkanes of at least 4 members (excludes halogenated alkanes) is 18. The normalized spacial score (nSPS) is 15.6. The van der Waals surface area contributed by atoms with Gasteiger partial charge < -0.3 is 34.6 Å². The van der Waals surface area contributed by atoms with Crippen LogP contribution in [0.15, 0.2) is 24.3 Å². The van der Waals surface area contributed by atoms with Crippen molar-refractivity contribution in [2.45, 2.75) is 187 Å². The van der Waals surface area contributed by atoms with Gasteiger partial charge in [-0.3, -0.25) is 48.4 Å². The number of carbonyl (C=O) groups excluding carboxylic acids is 3. The summed E-state index contributed by atoms with van der Waals surface area (Å²) in [6.45, 7) is 8.27. The Morgan fingerprint density at radius 2 is 0.838 bits per heavy atom. The largest absolute Gasteiger partial charge is 0.480 e. The van der Waals surface area contributed by atoms with Crippen LogP contribution in [0.5, 0.6) is 0 Å². The minimum atomic E-state index is -0.985. The van der Waals surface area contributed by atoms with E-state index in [9.17, 15) is 44.1 Å². The lowest BCUT2D eigenvalue weighted by Crippen LogP contribution is -2.46. The summed E-state index contributed by atoms with van der Waals surface area (Å²) >= 11 is 0.